The molecule has 0 heterocycles. The summed E-state index contributed by atoms with van der Waals surface area (Å²) < 4.78 is 0. The molecule has 0 spiro atoms. The van der Waals surface area contributed by atoms with E-state index in [1.165, 1.54) is 18.2 Å². The topological polar surface area (TPSA) is 133 Å². The van der Waals surface area contributed by atoms with Crippen molar-refractivity contribution < 1.29 is 24.9 Å². The number of benzene rings is 1. The van der Waals surface area contributed by atoms with E-state index in [2.05, 4.69) is 5.32 Å². The van der Waals surface area contributed by atoms with Gasteiger partial charge in [0, 0.05) is 0 Å². The van der Waals surface area contributed by atoms with Gasteiger partial charge in [-0.25, -0.2) is 4.79 Å². The Bertz CT molecular complexity index is 547. The fourth-order valence-electron chi connectivity index (χ4n) is 1.99. The van der Waals surface area contributed by atoms with E-state index < -0.39 is 24.0 Å². The Balaban J connectivity index is 2.71. The number of hydrogen-bond donors (Lipinski definition) is 5. The zero-order chi connectivity index (χ0) is 16.9. The quantitative estimate of drug-likeness (QED) is 0.468. The zero-order valence-corrected chi connectivity index (χ0v) is 12.6. The number of carbonyl (C=O) groups excluding carboxylic acids is 1. The first-order valence-corrected chi connectivity index (χ1v) is 7.05. The summed E-state index contributed by atoms with van der Waals surface area (Å²) in [5.74, 6) is -2.44. The maximum Gasteiger partial charge on any atom is 0.326 e. The van der Waals surface area contributed by atoms with Gasteiger partial charge in [-0.15, -0.1) is 0 Å². The number of phenolic OH excluding ortho intramolecular Hbond substituents is 2. The Hall–Kier alpha value is -2.28. The molecule has 0 aliphatic carbocycles. The zero-order valence-electron chi connectivity index (χ0n) is 12.6. The molecule has 3 atom stereocenters. The van der Waals surface area contributed by atoms with Gasteiger partial charge in [0.25, 0.3) is 0 Å². The second kappa shape index (κ2) is 7.65. The van der Waals surface area contributed by atoms with E-state index in [1.807, 2.05) is 6.92 Å². The lowest BCUT2D eigenvalue weighted by atomic mass is 9.98. The van der Waals surface area contributed by atoms with E-state index in [0.717, 1.165) is 0 Å². The first-order chi connectivity index (χ1) is 10.3. The van der Waals surface area contributed by atoms with Gasteiger partial charge in [-0.05, 0) is 30.0 Å². The van der Waals surface area contributed by atoms with Gasteiger partial charge < -0.3 is 26.4 Å². The molecular weight excluding hydrogens is 288 g/mol. The third-order valence-electron chi connectivity index (χ3n) is 3.61. The number of carboxylic acid groups (broad SMARTS) is 1. The van der Waals surface area contributed by atoms with Crippen LogP contribution in [0, 0.1) is 5.92 Å². The third-order valence-corrected chi connectivity index (χ3v) is 3.61. The second-order valence-corrected chi connectivity index (χ2v) is 5.34. The van der Waals surface area contributed by atoms with Crippen LogP contribution >= 0.6 is 0 Å². The number of hydrogen-bond acceptors (Lipinski definition) is 5. The number of aliphatic carboxylic acids is 1. The van der Waals surface area contributed by atoms with Gasteiger partial charge in [0.2, 0.25) is 5.91 Å². The average Bonchev–Trinajstić information content (AvgIpc) is 2.47. The highest BCUT2D eigenvalue weighted by Gasteiger charge is 2.27. The molecule has 1 aromatic carbocycles. The van der Waals surface area contributed by atoms with Crippen molar-refractivity contribution in [2.45, 2.75) is 38.8 Å². The van der Waals surface area contributed by atoms with Crippen molar-refractivity contribution >= 4 is 11.9 Å². The van der Waals surface area contributed by atoms with Crippen LogP contribution in [0.4, 0.5) is 0 Å². The van der Waals surface area contributed by atoms with Gasteiger partial charge in [0.05, 0.1) is 6.04 Å². The van der Waals surface area contributed by atoms with Crippen LogP contribution in [0.3, 0.4) is 0 Å². The monoisotopic (exact) mass is 310 g/mol. The number of amides is 1. The molecule has 7 heteroatoms. The summed E-state index contributed by atoms with van der Waals surface area (Å²) in [4.78, 5) is 23.2. The molecule has 0 fully saturated rings. The number of carboxylic acids is 1. The molecule has 0 bridgehead atoms. The lowest BCUT2D eigenvalue weighted by Crippen LogP contribution is -2.51. The summed E-state index contributed by atoms with van der Waals surface area (Å²) in [7, 11) is 0. The summed E-state index contributed by atoms with van der Waals surface area (Å²) in [5.41, 5.74) is 6.34. The van der Waals surface area contributed by atoms with Crippen molar-refractivity contribution in [3.8, 4) is 11.5 Å². The van der Waals surface area contributed by atoms with Crippen LogP contribution in [-0.4, -0.2) is 39.3 Å². The summed E-state index contributed by atoms with van der Waals surface area (Å²) in [6.45, 7) is 3.58. The molecule has 7 nitrogen and oxygen atoms in total. The maximum absolute atomic E-state index is 12.0. The highest BCUT2D eigenvalue weighted by Crippen LogP contribution is 2.25. The van der Waals surface area contributed by atoms with E-state index in [4.69, 9.17) is 10.8 Å². The molecule has 0 aromatic heterocycles. The Morgan fingerprint density at radius 2 is 1.91 bits per heavy atom. The maximum atomic E-state index is 12.0. The van der Waals surface area contributed by atoms with E-state index in [1.54, 1.807) is 6.92 Å². The summed E-state index contributed by atoms with van der Waals surface area (Å²) in [6.07, 6.45) is 0.727. The lowest BCUT2D eigenvalue weighted by Gasteiger charge is -2.22. The smallest absolute Gasteiger partial charge is 0.326 e. The number of nitrogens with two attached hydrogens (primary N) is 1. The van der Waals surface area contributed by atoms with Crippen LogP contribution < -0.4 is 11.1 Å². The van der Waals surface area contributed by atoms with Crippen molar-refractivity contribution in [1.29, 1.82) is 0 Å². The van der Waals surface area contributed by atoms with Crippen molar-refractivity contribution in [3.63, 3.8) is 0 Å². The van der Waals surface area contributed by atoms with Gasteiger partial charge in [-0.1, -0.05) is 26.3 Å². The largest absolute Gasteiger partial charge is 0.504 e. The molecule has 0 aliphatic rings. The van der Waals surface area contributed by atoms with Crippen LogP contribution in [0.1, 0.15) is 25.8 Å². The number of nitrogens with one attached hydrogen (secondary N) is 1. The summed E-state index contributed by atoms with van der Waals surface area (Å²) >= 11 is 0. The van der Waals surface area contributed by atoms with Gasteiger partial charge in [-0.3, -0.25) is 4.79 Å². The van der Waals surface area contributed by atoms with E-state index in [0.29, 0.717) is 12.0 Å². The molecule has 22 heavy (non-hydrogen) atoms. The molecule has 122 valence electrons. The summed E-state index contributed by atoms with van der Waals surface area (Å²) in [6, 6.07) is 2.21. The number of rotatable bonds is 7. The molecule has 6 N–H and O–H groups in total. The first-order valence-electron chi connectivity index (χ1n) is 7.05. The van der Waals surface area contributed by atoms with Gasteiger partial charge >= 0.3 is 5.97 Å². The van der Waals surface area contributed by atoms with Crippen molar-refractivity contribution in [2.24, 2.45) is 11.7 Å². The minimum Gasteiger partial charge on any atom is -0.504 e. The lowest BCUT2D eigenvalue weighted by molar-refractivity contribution is -0.143. The van der Waals surface area contributed by atoms with E-state index >= 15 is 0 Å². The average molecular weight is 310 g/mol. The number of carbonyl (C=O) groups is 2. The standard InChI is InChI=1S/C15H22N2O5/c1-3-8(2)13(15(21)22)17-14(20)10(16)6-9-4-5-11(18)12(19)7-9/h4-5,7-8,10,13,18-19H,3,6,16H2,1-2H3,(H,17,20)(H,21,22)/t8?,10-,13-/m0/s1. The Labute approximate surface area is 128 Å². The molecule has 0 aliphatic heterocycles. The molecule has 1 amide bonds. The van der Waals surface area contributed by atoms with E-state index in [9.17, 15) is 19.8 Å². The number of phenols is 2. The van der Waals surface area contributed by atoms with Crippen LogP contribution in [0.15, 0.2) is 18.2 Å². The Morgan fingerprint density at radius 1 is 1.27 bits per heavy atom. The normalized spacial score (nSPS) is 14.9. The SMILES string of the molecule is CCC(C)[C@H](NC(=O)[C@@H](N)Cc1ccc(O)c(O)c1)C(=O)O. The molecule has 0 saturated heterocycles. The van der Waals surface area contributed by atoms with Crippen molar-refractivity contribution in [1.82, 2.24) is 5.32 Å². The fraction of sp³-hybridized carbons (Fsp3) is 0.467. The highest BCUT2D eigenvalue weighted by atomic mass is 16.4. The fourth-order valence-corrected chi connectivity index (χ4v) is 1.99. The Kier molecular flexibility index (Phi) is 6.18. The van der Waals surface area contributed by atoms with Gasteiger partial charge in [-0.2, -0.15) is 0 Å². The minimum atomic E-state index is -1.10. The molecule has 1 unspecified atom stereocenters. The molecular formula is C15H22N2O5. The second-order valence-electron chi connectivity index (χ2n) is 5.34. The van der Waals surface area contributed by atoms with Crippen LogP contribution in [0.2, 0.25) is 0 Å². The minimum absolute atomic E-state index is 0.118. The van der Waals surface area contributed by atoms with Gasteiger partial charge in [0.15, 0.2) is 11.5 Å². The van der Waals surface area contributed by atoms with E-state index in [-0.39, 0.29) is 23.8 Å². The van der Waals surface area contributed by atoms with Gasteiger partial charge in [0.1, 0.15) is 6.04 Å². The third kappa shape index (κ3) is 4.63. The molecule has 1 aromatic rings. The van der Waals surface area contributed by atoms with Crippen LogP contribution in [0.5, 0.6) is 11.5 Å². The Morgan fingerprint density at radius 3 is 2.41 bits per heavy atom. The first kappa shape index (κ1) is 17.8. The molecule has 0 saturated carbocycles. The van der Waals surface area contributed by atoms with Crippen molar-refractivity contribution in [2.75, 3.05) is 0 Å². The van der Waals surface area contributed by atoms with Crippen LogP contribution in [0.25, 0.3) is 0 Å². The summed E-state index contributed by atoms with van der Waals surface area (Å²) in [5, 5.41) is 30.2. The molecule has 1 rings (SSSR count). The number of aromatic hydroxyl groups is 2. The predicted octanol–water partition coefficient (Wildman–Crippen LogP) is 0.583. The molecule has 0 radical (unpaired) electrons. The predicted molar refractivity (Wildman–Crippen MR) is 80.5 cm³/mol. The highest BCUT2D eigenvalue weighted by molar-refractivity contribution is 5.87. The van der Waals surface area contributed by atoms with Crippen molar-refractivity contribution in [3.05, 3.63) is 23.8 Å². The van der Waals surface area contributed by atoms with Crippen LogP contribution in [-0.2, 0) is 16.0 Å².